The van der Waals surface area contributed by atoms with Crippen LogP contribution >= 0.6 is 11.3 Å². The largest absolute Gasteiger partial charge is 0.388 e. The Morgan fingerprint density at radius 1 is 1.32 bits per heavy atom. The van der Waals surface area contributed by atoms with Gasteiger partial charge in [-0.05, 0) is 35.7 Å². The molecule has 1 unspecified atom stereocenters. The van der Waals surface area contributed by atoms with Crippen molar-refractivity contribution in [2.24, 2.45) is 5.73 Å². The summed E-state index contributed by atoms with van der Waals surface area (Å²) < 4.78 is 0. The second-order valence-electron chi connectivity index (χ2n) is 5.63. The van der Waals surface area contributed by atoms with E-state index in [1.165, 1.54) is 11.3 Å². The number of anilines is 2. The Hall–Kier alpha value is -2.70. The van der Waals surface area contributed by atoms with E-state index >= 15 is 0 Å². The maximum Gasteiger partial charge on any atom is 0.251 e. The van der Waals surface area contributed by atoms with Crippen LogP contribution in [0.5, 0.6) is 0 Å². The molecule has 1 aromatic carbocycles. The van der Waals surface area contributed by atoms with Gasteiger partial charge in [0.05, 0.1) is 23.6 Å². The van der Waals surface area contributed by atoms with Crippen LogP contribution in [0.1, 0.15) is 35.4 Å². The van der Waals surface area contributed by atoms with Crippen LogP contribution in [-0.2, 0) is 0 Å². The van der Waals surface area contributed by atoms with Gasteiger partial charge in [0.15, 0.2) is 0 Å². The Labute approximate surface area is 150 Å². The van der Waals surface area contributed by atoms with E-state index in [9.17, 15) is 9.90 Å². The number of nitrogens with one attached hydrogen (secondary N) is 1. The predicted molar refractivity (Wildman–Crippen MR) is 101 cm³/mol. The molecule has 6 heteroatoms. The lowest BCUT2D eigenvalue weighted by Gasteiger charge is -2.08. The molecule has 0 fully saturated rings. The maximum atomic E-state index is 11.8. The number of aliphatic hydroxyl groups excluding tert-OH is 1. The highest BCUT2D eigenvalue weighted by Crippen LogP contribution is 2.37. The summed E-state index contributed by atoms with van der Waals surface area (Å²) in [5.74, 6) is -0.480. The van der Waals surface area contributed by atoms with Crippen LogP contribution in [0.2, 0.25) is 0 Å². The van der Waals surface area contributed by atoms with Crippen LogP contribution in [0.25, 0.3) is 10.4 Å². The van der Waals surface area contributed by atoms with E-state index in [0.29, 0.717) is 17.0 Å². The van der Waals surface area contributed by atoms with Crippen molar-refractivity contribution in [2.45, 2.75) is 19.4 Å². The van der Waals surface area contributed by atoms with E-state index in [1.54, 1.807) is 18.5 Å². The predicted octanol–water partition coefficient (Wildman–Crippen LogP) is 4.10. The molecule has 3 rings (SSSR count). The first-order valence-electron chi connectivity index (χ1n) is 7.97. The summed E-state index contributed by atoms with van der Waals surface area (Å²) >= 11 is 1.45. The first kappa shape index (κ1) is 17.1. The summed E-state index contributed by atoms with van der Waals surface area (Å²) in [5, 5.41) is 13.8. The molecule has 0 aliphatic heterocycles. The molecule has 2 aromatic heterocycles. The molecule has 0 saturated carbocycles. The second-order valence-corrected chi connectivity index (χ2v) is 6.68. The monoisotopic (exact) mass is 353 g/mol. The molecule has 128 valence electrons. The smallest absolute Gasteiger partial charge is 0.251 e. The number of primary amides is 1. The number of hydrogen-bond acceptors (Lipinski definition) is 5. The van der Waals surface area contributed by atoms with Gasteiger partial charge in [0.2, 0.25) is 0 Å². The Bertz CT molecular complexity index is 860. The number of hydrogen-bond donors (Lipinski definition) is 3. The summed E-state index contributed by atoms with van der Waals surface area (Å²) in [5.41, 5.74) is 8.61. The van der Waals surface area contributed by atoms with Gasteiger partial charge in [-0.15, -0.1) is 11.3 Å². The number of aliphatic hydroxyl groups is 1. The Balaban J connectivity index is 1.92. The minimum Gasteiger partial charge on any atom is -0.388 e. The third kappa shape index (κ3) is 3.87. The molecule has 25 heavy (non-hydrogen) atoms. The van der Waals surface area contributed by atoms with Crippen LogP contribution in [0, 0.1) is 0 Å². The SMILES string of the molecule is CCC(O)c1ccc(-c2cc(C(N)=O)c(Nc3cccnc3)s2)cc1. The summed E-state index contributed by atoms with van der Waals surface area (Å²) in [6.45, 7) is 1.94. The molecular formula is C19H19N3O2S. The van der Waals surface area contributed by atoms with Crippen LogP contribution in [0.15, 0.2) is 54.9 Å². The normalized spacial score (nSPS) is 11.9. The Kier molecular flexibility index (Phi) is 5.11. The van der Waals surface area contributed by atoms with Crippen molar-refractivity contribution < 1.29 is 9.90 Å². The van der Waals surface area contributed by atoms with Crippen molar-refractivity contribution in [1.82, 2.24) is 4.98 Å². The van der Waals surface area contributed by atoms with Crippen LogP contribution in [0.3, 0.4) is 0 Å². The van der Waals surface area contributed by atoms with Gasteiger partial charge in [0.1, 0.15) is 5.00 Å². The molecule has 0 saturated heterocycles. The lowest BCUT2D eigenvalue weighted by atomic mass is 10.0. The molecule has 3 aromatic rings. The van der Waals surface area contributed by atoms with E-state index < -0.39 is 12.0 Å². The maximum absolute atomic E-state index is 11.8. The topological polar surface area (TPSA) is 88.2 Å². The van der Waals surface area contributed by atoms with Gasteiger partial charge in [0, 0.05) is 11.1 Å². The molecule has 0 aliphatic rings. The summed E-state index contributed by atoms with van der Waals surface area (Å²) in [4.78, 5) is 16.8. The van der Waals surface area contributed by atoms with E-state index in [1.807, 2.05) is 43.3 Å². The number of aromatic nitrogens is 1. The molecule has 0 spiro atoms. The number of pyridine rings is 1. The minimum atomic E-state index is -0.480. The van der Waals surface area contributed by atoms with Gasteiger partial charge in [-0.3, -0.25) is 9.78 Å². The third-order valence-electron chi connectivity index (χ3n) is 3.88. The Morgan fingerprint density at radius 3 is 2.68 bits per heavy atom. The quantitative estimate of drug-likeness (QED) is 0.622. The van der Waals surface area contributed by atoms with Gasteiger partial charge in [-0.1, -0.05) is 31.2 Å². The first-order chi connectivity index (χ1) is 12.1. The van der Waals surface area contributed by atoms with Crippen LogP contribution < -0.4 is 11.1 Å². The fraction of sp³-hybridized carbons (Fsp3) is 0.158. The van der Waals surface area contributed by atoms with Gasteiger partial charge in [-0.25, -0.2) is 0 Å². The van der Waals surface area contributed by atoms with Crippen LogP contribution in [0.4, 0.5) is 10.7 Å². The van der Waals surface area contributed by atoms with E-state index in [2.05, 4.69) is 10.3 Å². The zero-order valence-corrected chi connectivity index (χ0v) is 14.6. The fourth-order valence-corrected chi connectivity index (χ4v) is 3.57. The average molecular weight is 353 g/mol. The average Bonchev–Trinajstić information content (AvgIpc) is 3.06. The molecular weight excluding hydrogens is 334 g/mol. The zero-order valence-electron chi connectivity index (χ0n) is 13.8. The molecule has 1 amide bonds. The minimum absolute atomic E-state index is 0.446. The number of amides is 1. The first-order valence-corrected chi connectivity index (χ1v) is 8.79. The van der Waals surface area contributed by atoms with Crippen molar-refractivity contribution in [3.05, 3.63) is 66.0 Å². The number of thiophene rings is 1. The molecule has 0 radical (unpaired) electrons. The van der Waals surface area contributed by atoms with E-state index in [4.69, 9.17) is 5.73 Å². The third-order valence-corrected chi connectivity index (χ3v) is 4.98. The number of nitrogens with zero attached hydrogens (tertiary/aromatic N) is 1. The van der Waals surface area contributed by atoms with Crippen molar-refractivity contribution in [1.29, 1.82) is 0 Å². The highest BCUT2D eigenvalue weighted by molar-refractivity contribution is 7.19. The second kappa shape index (κ2) is 7.46. The highest BCUT2D eigenvalue weighted by atomic mass is 32.1. The Morgan fingerprint density at radius 2 is 2.08 bits per heavy atom. The summed E-state index contributed by atoms with van der Waals surface area (Å²) in [6, 6.07) is 13.2. The van der Waals surface area contributed by atoms with Crippen molar-refractivity contribution >= 4 is 27.9 Å². The molecule has 2 heterocycles. The molecule has 5 nitrogen and oxygen atoms in total. The van der Waals surface area contributed by atoms with E-state index in [-0.39, 0.29) is 0 Å². The van der Waals surface area contributed by atoms with Crippen LogP contribution in [-0.4, -0.2) is 16.0 Å². The number of benzene rings is 1. The number of rotatable bonds is 6. The highest BCUT2D eigenvalue weighted by Gasteiger charge is 2.15. The standard InChI is InChI=1S/C19H19N3O2S/c1-2-16(23)12-5-7-13(8-6-12)17-10-15(18(20)24)19(25-17)22-14-4-3-9-21-11-14/h3-11,16,22-23H,2H2,1H3,(H2,20,24). The van der Waals surface area contributed by atoms with Gasteiger partial charge in [0.25, 0.3) is 5.91 Å². The van der Waals surface area contributed by atoms with E-state index in [0.717, 1.165) is 21.7 Å². The number of nitrogens with two attached hydrogens (primary N) is 1. The molecule has 0 aliphatic carbocycles. The summed E-state index contributed by atoms with van der Waals surface area (Å²) in [6.07, 6.45) is 3.59. The molecule has 0 bridgehead atoms. The lowest BCUT2D eigenvalue weighted by molar-refractivity contribution is 0.100. The molecule has 1 atom stereocenters. The van der Waals surface area contributed by atoms with Gasteiger partial charge < -0.3 is 16.2 Å². The zero-order chi connectivity index (χ0) is 17.8. The van der Waals surface area contributed by atoms with Crippen molar-refractivity contribution in [2.75, 3.05) is 5.32 Å². The lowest BCUT2D eigenvalue weighted by Crippen LogP contribution is -2.11. The van der Waals surface area contributed by atoms with Gasteiger partial charge >= 0.3 is 0 Å². The fourth-order valence-electron chi connectivity index (χ4n) is 2.48. The number of carbonyl (C=O) groups is 1. The van der Waals surface area contributed by atoms with Crippen molar-refractivity contribution in [3.8, 4) is 10.4 Å². The van der Waals surface area contributed by atoms with Crippen molar-refractivity contribution in [3.63, 3.8) is 0 Å². The summed E-state index contributed by atoms with van der Waals surface area (Å²) in [7, 11) is 0. The van der Waals surface area contributed by atoms with Gasteiger partial charge in [-0.2, -0.15) is 0 Å². The molecule has 4 N–H and O–H groups in total. The number of carbonyl (C=O) groups excluding carboxylic acids is 1.